The molecule has 0 unspecified atom stereocenters. The zero-order valence-corrected chi connectivity index (χ0v) is 10.8. The maximum absolute atomic E-state index is 10.5. The SMILES string of the molecule is CCOc1cccc(-c2ccc(CC(=O)[O-])cc2)c1. The monoisotopic (exact) mass is 255 g/mol. The first-order chi connectivity index (χ1) is 9.19. The maximum atomic E-state index is 10.5. The third-order valence-electron chi connectivity index (χ3n) is 2.78. The molecule has 19 heavy (non-hydrogen) atoms. The van der Waals surface area contributed by atoms with Crippen molar-refractivity contribution in [3.63, 3.8) is 0 Å². The summed E-state index contributed by atoms with van der Waals surface area (Å²) < 4.78 is 5.46. The highest BCUT2D eigenvalue weighted by Crippen LogP contribution is 2.24. The molecule has 2 aromatic rings. The number of hydrogen-bond acceptors (Lipinski definition) is 3. The van der Waals surface area contributed by atoms with Crippen LogP contribution in [-0.2, 0) is 11.2 Å². The summed E-state index contributed by atoms with van der Waals surface area (Å²) in [5, 5.41) is 10.5. The number of hydrogen-bond donors (Lipinski definition) is 0. The van der Waals surface area contributed by atoms with Crippen LogP contribution in [0.15, 0.2) is 48.5 Å². The highest BCUT2D eigenvalue weighted by molar-refractivity contribution is 5.69. The fourth-order valence-electron chi connectivity index (χ4n) is 1.91. The third kappa shape index (κ3) is 3.58. The molecule has 0 aliphatic heterocycles. The molecule has 0 saturated heterocycles. The first-order valence-electron chi connectivity index (χ1n) is 6.21. The van der Waals surface area contributed by atoms with Gasteiger partial charge in [0.05, 0.1) is 6.61 Å². The average Bonchev–Trinajstić information content (AvgIpc) is 2.40. The highest BCUT2D eigenvalue weighted by atomic mass is 16.5. The molecule has 3 nitrogen and oxygen atoms in total. The van der Waals surface area contributed by atoms with Crippen molar-refractivity contribution < 1.29 is 14.6 Å². The van der Waals surface area contributed by atoms with Gasteiger partial charge in [0.15, 0.2) is 0 Å². The zero-order valence-electron chi connectivity index (χ0n) is 10.8. The van der Waals surface area contributed by atoms with E-state index >= 15 is 0 Å². The molecular weight excluding hydrogens is 240 g/mol. The second-order valence-corrected chi connectivity index (χ2v) is 4.21. The average molecular weight is 255 g/mol. The van der Waals surface area contributed by atoms with Gasteiger partial charge in [-0.15, -0.1) is 0 Å². The lowest BCUT2D eigenvalue weighted by Gasteiger charge is -2.07. The summed E-state index contributed by atoms with van der Waals surface area (Å²) in [6, 6.07) is 15.2. The normalized spacial score (nSPS) is 10.2. The molecule has 0 fully saturated rings. The van der Waals surface area contributed by atoms with Crippen molar-refractivity contribution in [1.82, 2.24) is 0 Å². The van der Waals surface area contributed by atoms with Crippen LogP contribution in [0.3, 0.4) is 0 Å². The second-order valence-electron chi connectivity index (χ2n) is 4.21. The van der Waals surface area contributed by atoms with E-state index in [2.05, 4.69) is 0 Å². The quantitative estimate of drug-likeness (QED) is 0.821. The Balaban J connectivity index is 2.21. The van der Waals surface area contributed by atoms with Crippen molar-refractivity contribution in [3.05, 3.63) is 54.1 Å². The lowest BCUT2D eigenvalue weighted by atomic mass is 10.0. The Morgan fingerprint density at radius 1 is 1.11 bits per heavy atom. The number of rotatable bonds is 5. The van der Waals surface area contributed by atoms with Crippen molar-refractivity contribution in [1.29, 1.82) is 0 Å². The topological polar surface area (TPSA) is 49.4 Å². The van der Waals surface area contributed by atoms with Gasteiger partial charge in [-0.2, -0.15) is 0 Å². The first-order valence-corrected chi connectivity index (χ1v) is 6.21. The first kappa shape index (κ1) is 13.1. The predicted molar refractivity (Wildman–Crippen MR) is 71.8 cm³/mol. The van der Waals surface area contributed by atoms with E-state index in [4.69, 9.17) is 4.74 Å². The number of benzene rings is 2. The van der Waals surface area contributed by atoms with Gasteiger partial charge in [0.1, 0.15) is 5.75 Å². The molecule has 0 radical (unpaired) electrons. The Labute approximate surface area is 112 Å². The van der Waals surface area contributed by atoms with Crippen LogP contribution in [0.25, 0.3) is 11.1 Å². The molecule has 0 saturated carbocycles. The molecule has 2 aromatic carbocycles. The van der Waals surface area contributed by atoms with Crippen molar-refractivity contribution >= 4 is 5.97 Å². The molecule has 0 atom stereocenters. The van der Waals surface area contributed by atoms with Gasteiger partial charge in [-0.3, -0.25) is 0 Å². The van der Waals surface area contributed by atoms with E-state index in [9.17, 15) is 9.90 Å². The van der Waals surface area contributed by atoms with Crippen molar-refractivity contribution in [3.8, 4) is 16.9 Å². The Hall–Kier alpha value is -2.29. The van der Waals surface area contributed by atoms with E-state index in [0.29, 0.717) is 6.61 Å². The molecule has 0 spiro atoms. The second kappa shape index (κ2) is 6.05. The van der Waals surface area contributed by atoms with Gasteiger partial charge in [-0.1, -0.05) is 36.4 Å². The number of carbonyl (C=O) groups is 1. The smallest absolute Gasteiger partial charge is 0.119 e. The van der Waals surface area contributed by atoms with E-state index in [0.717, 1.165) is 22.4 Å². The van der Waals surface area contributed by atoms with Gasteiger partial charge in [0, 0.05) is 12.4 Å². The van der Waals surface area contributed by atoms with Crippen LogP contribution in [0.1, 0.15) is 12.5 Å². The van der Waals surface area contributed by atoms with Crippen molar-refractivity contribution in [2.75, 3.05) is 6.61 Å². The summed E-state index contributed by atoms with van der Waals surface area (Å²) >= 11 is 0. The third-order valence-corrected chi connectivity index (χ3v) is 2.78. The van der Waals surface area contributed by atoms with Crippen LogP contribution in [0.4, 0.5) is 0 Å². The Morgan fingerprint density at radius 2 is 1.84 bits per heavy atom. The van der Waals surface area contributed by atoms with Crippen LogP contribution in [0, 0.1) is 0 Å². The van der Waals surface area contributed by atoms with Gasteiger partial charge in [-0.05, 0) is 35.7 Å². The van der Waals surface area contributed by atoms with Gasteiger partial charge in [0.25, 0.3) is 0 Å². The number of ether oxygens (including phenoxy) is 1. The van der Waals surface area contributed by atoms with E-state index in [-0.39, 0.29) is 6.42 Å². The van der Waals surface area contributed by atoms with Gasteiger partial charge >= 0.3 is 0 Å². The standard InChI is InChI=1S/C16H16O3/c1-2-19-15-5-3-4-14(11-15)13-8-6-12(7-9-13)10-16(17)18/h3-9,11H,2,10H2,1H3,(H,17,18)/p-1. The molecule has 0 aliphatic rings. The number of carbonyl (C=O) groups excluding carboxylic acids is 1. The van der Waals surface area contributed by atoms with Crippen molar-refractivity contribution in [2.45, 2.75) is 13.3 Å². The molecule has 2 rings (SSSR count). The molecular formula is C16H15O3-. The fourth-order valence-corrected chi connectivity index (χ4v) is 1.91. The van der Waals surface area contributed by atoms with E-state index in [1.54, 1.807) is 12.1 Å². The summed E-state index contributed by atoms with van der Waals surface area (Å²) in [5.41, 5.74) is 2.82. The maximum Gasteiger partial charge on any atom is 0.119 e. The summed E-state index contributed by atoms with van der Waals surface area (Å²) in [4.78, 5) is 10.5. The molecule has 0 heterocycles. The molecule has 0 amide bonds. The van der Waals surface area contributed by atoms with E-state index in [1.165, 1.54) is 0 Å². The Bertz CT molecular complexity index is 558. The van der Waals surface area contributed by atoms with Crippen LogP contribution < -0.4 is 9.84 Å². The molecule has 98 valence electrons. The largest absolute Gasteiger partial charge is 0.550 e. The molecule has 0 aliphatic carbocycles. The lowest BCUT2D eigenvalue weighted by Crippen LogP contribution is -2.24. The lowest BCUT2D eigenvalue weighted by molar-refractivity contribution is -0.304. The number of aliphatic carboxylic acids is 1. The van der Waals surface area contributed by atoms with E-state index in [1.807, 2.05) is 43.3 Å². The predicted octanol–water partition coefficient (Wildman–Crippen LogP) is 2.04. The Morgan fingerprint density at radius 3 is 2.47 bits per heavy atom. The van der Waals surface area contributed by atoms with Crippen LogP contribution in [-0.4, -0.2) is 12.6 Å². The highest BCUT2D eigenvalue weighted by Gasteiger charge is 2.00. The molecule has 3 heteroatoms. The molecule has 0 N–H and O–H groups in total. The fraction of sp³-hybridized carbons (Fsp3) is 0.188. The van der Waals surface area contributed by atoms with Crippen LogP contribution in [0.2, 0.25) is 0 Å². The summed E-state index contributed by atoms with van der Waals surface area (Å²) in [5.74, 6) is -0.232. The minimum atomic E-state index is -1.06. The number of carboxylic acids is 1. The summed E-state index contributed by atoms with van der Waals surface area (Å²) in [6.45, 7) is 2.58. The zero-order chi connectivity index (χ0) is 13.7. The summed E-state index contributed by atoms with van der Waals surface area (Å²) in [7, 11) is 0. The Kier molecular flexibility index (Phi) is 4.18. The minimum absolute atomic E-state index is 0.0563. The van der Waals surface area contributed by atoms with Gasteiger partial charge in [-0.25, -0.2) is 0 Å². The van der Waals surface area contributed by atoms with Gasteiger partial charge < -0.3 is 14.6 Å². The van der Waals surface area contributed by atoms with Gasteiger partial charge in [0.2, 0.25) is 0 Å². The van der Waals surface area contributed by atoms with E-state index < -0.39 is 5.97 Å². The summed E-state index contributed by atoms with van der Waals surface area (Å²) in [6.07, 6.45) is -0.0563. The number of carboxylic acid groups (broad SMARTS) is 1. The van der Waals surface area contributed by atoms with Crippen LogP contribution >= 0.6 is 0 Å². The van der Waals surface area contributed by atoms with Crippen molar-refractivity contribution in [2.24, 2.45) is 0 Å². The molecule has 0 bridgehead atoms. The molecule has 0 aromatic heterocycles. The minimum Gasteiger partial charge on any atom is -0.550 e. The van der Waals surface area contributed by atoms with Crippen LogP contribution in [0.5, 0.6) is 5.75 Å².